The van der Waals surface area contributed by atoms with Crippen LogP contribution in [0.5, 0.6) is 0 Å². The number of aromatic nitrogens is 1. The van der Waals surface area contributed by atoms with E-state index in [0.717, 1.165) is 18.4 Å². The van der Waals surface area contributed by atoms with E-state index in [-0.39, 0.29) is 11.8 Å². The molecular formula is C13H18N2O2. The van der Waals surface area contributed by atoms with Gasteiger partial charge in [-0.25, -0.2) is 0 Å². The molecule has 2 rings (SSSR count). The fourth-order valence-electron chi connectivity index (χ4n) is 2.10. The summed E-state index contributed by atoms with van der Waals surface area (Å²) in [6.07, 6.45) is 5.23. The summed E-state index contributed by atoms with van der Waals surface area (Å²) >= 11 is 0. The number of rotatable bonds is 3. The van der Waals surface area contributed by atoms with Crippen LogP contribution in [-0.4, -0.2) is 36.1 Å². The normalized spacial score (nSPS) is 16.8. The molecule has 0 atom stereocenters. The molecule has 1 aliphatic rings. The molecular weight excluding hydrogens is 216 g/mol. The molecule has 1 aliphatic heterocycles. The summed E-state index contributed by atoms with van der Waals surface area (Å²) in [6.45, 7) is 2.04. The summed E-state index contributed by atoms with van der Waals surface area (Å²) in [5.74, 6) is 0.350. The van der Waals surface area contributed by atoms with Crippen molar-refractivity contribution in [2.24, 2.45) is 5.92 Å². The third-order valence-electron chi connectivity index (χ3n) is 3.09. The van der Waals surface area contributed by atoms with Crippen LogP contribution in [0, 0.1) is 5.92 Å². The molecule has 0 N–H and O–H groups in total. The van der Waals surface area contributed by atoms with Crippen molar-refractivity contribution in [1.29, 1.82) is 0 Å². The maximum Gasteiger partial charge on any atom is 0.225 e. The van der Waals surface area contributed by atoms with Gasteiger partial charge in [0.25, 0.3) is 0 Å². The molecule has 1 saturated heterocycles. The van der Waals surface area contributed by atoms with Gasteiger partial charge in [0.05, 0.1) is 0 Å². The molecule has 0 saturated carbocycles. The summed E-state index contributed by atoms with van der Waals surface area (Å²) in [6, 6.07) is 3.88. The predicted octanol–water partition coefficient (Wildman–Crippen LogP) is 1.47. The zero-order chi connectivity index (χ0) is 12.1. The lowest BCUT2D eigenvalue weighted by molar-refractivity contribution is -0.137. The van der Waals surface area contributed by atoms with Crippen LogP contribution >= 0.6 is 0 Å². The lowest BCUT2D eigenvalue weighted by atomic mass is 9.99. The zero-order valence-corrected chi connectivity index (χ0v) is 10.1. The minimum atomic E-state index is 0.130. The summed E-state index contributed by atoms with van der Waals surface area (Å²) in [7, 11) is 1.85. The number of hydrogen-bond acceptors (Lipinski definition) is 3. The van der Waals surface area contributed by atoms with E-state index >= 15 is 0 Å². The average Bonchev–Trinajstić information content (AvgIpc) is 2.40. The first kappa shape index (κ1) is 12.0. The van der Waals surface area contributed by atoms with Gasteiger partial charge in [-0.15, -0.1) is 0 Å². The molecule has 92 valence electrons. The number of amides is 1. The molecule has 1 aromatic heterocycles. The van der Waals surface area contributed by atoms with Gasteiger partial charge in [-0.05, 0) is 24.5 Å². The van der Waals surface area contributed by atoms with Gasteiger partial charge in [-0.2, -0.15) is 0 Å². The zero-order valence-electron chi connectivity index (χ0n) is 10.1. The quantitative estimate of drug-likeness (QED) is 0.795. The molecule has 0 spiro atoms. The predicted molar refractivity (Wildman–Crippen MR) is 64.3 cm³/mol. The number of nitrogens with zero attached hydrogens (tertiary/aromatic N) is 2. The van der Waals surface area contributed by atoms with E-state index in [1.54, 1.807) is 17.3 Å². The third-order valence-corrected chi connectivity index (χ3v) is 3.09. The van der Waals surface area contributed by atoms with Crippen LogP contribution < -0.4 is 0 Å². The maximum atomic E-state index is 12.2. The second kappa shape index (κ2) is 5.77. The molecule has 1 amide bonds. The minimum absolute atomic E-state index is 0.130. The van der Waals surface area contributed by atoms with Crippen LogP contribution in [0.2, 0.25) is 0 Å². The number of carbonyl (C=O) groups excluding carboxylic acids is 1. The Kier molecular flexibility index (Phi) is 4.09. The Bertz CT molecular complexity index is 361. The molecule has 0 bridgehead atoms. The van der Waals surface area contributed by atoms with Crippen molar-refractivity contribution in [2.45, 2.75) is 19.4 Å². The van der Waals surface area contributed by atoms with E-state index in [2.05, 4.69) is 4.98 Å². The Morgan fingerprint density at radius 2 is 2.29 bits per heavy atom. The van der Waals surface area contributed by atoms with Gasteiger partial charge in [0.15, 0.2) is 0 Å². The molecule has 1 aromatic rings. The average molecular weight is 234 g/mol. The smallest absolute Gasteiger partial charge is 0.225 e. The van der Waals surface area contributed by atoms with Crippen LogP contribution in [-0.2, 0) is 16.1 Å². The van der Waals surface area contributed by atoms with Crippen LogP contribution in [0.1, 0.15) is 18.4 Å². The van der Waals surface area contributed by atoms with Crippen molar-refractivity contribution < 1.29 is 9.53 Å². The number of hydrogen-bond donors (Lipinski definition) is 0. The second-order valence-electron chi connectivity index (χ2n) is 4.44. The maximum absolute atomic E-state index is 12.2. The molecule has 17 heavy (non-hydrogen) atoms. The lowest BCUT2D eigenvalue weighted by Crippen LogP contribution is -2.35. The summed E-state index contributed by atoms with van der Waals surface area (Å²) in [5.41, 5.74) is 1.07. The molecule has 0 aromatic carbocycles. The van der Waals surface area contributed by atoms with Gasteiger partial charge in [-0.1, -0.05) is 6.07 Å². The molecule has 0 unspecified atom stereocenters. The fourth-order valence-corrected chi connectivity index (χ4v) is 2.10. The van der Waals surface area contributed by atoms with E-state index in [1.165, 1.54) is 0 Å². The lowest BCUT2D eigenvalue weighted by Gasteiger charge is -2.26. The highest BCUT2D eigenvalue weighted by Gasteiger charge is 2.24. The van der Waals surface area contributed by atoms with Crippen molar-refractivity contribution in [3.05, 3.63) is 30.1 Å². The molecule has 1 fully saturated rings. The van der Waals surface area contributed by atoms with Crippen LogP contribution in [0.3, 0.4) is 0 Å². The SMILES string of the molecule is CN(Cc1cccnc1)C(=O)C1CCOCC1. The van der Waals surface area contributed by atoms with Crippen molar-refractivity contribution >= 4 is 5.91 Å². The monoisotopic (exact) mass is 234 g/mol. The van der Waals surface area contributed by atoms with Crippen molar-refractivity contribution in [3.8, 4) is 0 Å². The number of ether oxygens (including phenoxy) is 1. The molecule has 0 aliphatic carbocycles. The first-order chi connectivity index (χ1) is 8.27. The highest BCUT2D eigenvalue weighted by atomic mass is 16.5. The van der Waals surface area contributed by atoms with Gasteiger partial charge in [0, 0.05) is 45.1 Å². The van der Waals surface area contributed by atoms with E-state index in [1.807, 2.05) is 19.2 Å². The third kappa shape index (κ3) is 3.27. The Hall–Kier alpha value is -1.42. The molecule has 4 heteroatoms. The first-order valence-electron chi connectivity index (χ1n) is 5.99. The Morgan fingerprint density at radius 1 is 1.53 bits per heavy atom. The summed E-state index contributed by atoms with van der Waals surface area (Å²) in [4.78, 5) is 18.0. The van der Waals surface area contributed by atoms with Crippen LogP contribution in [0.15, 0.2) is 24.5 Å². The number of pyridine rings is 1. The van der Waals surface area contributed by atoms with Crippen molar-refractivity contribution in [1.82, 2.24) is 9.88 Å². The van der Waals surface area contributed by atoms with E-state index in [0.29, 0.717) is 19.8 Å². The van der Waals surface area contributed by atoms with E-state index < -0.39 is 0 Å². The fraction of sp³-hybridized carbons (Fsp3) is 0.538. The van der Waals surface area contributed by atoms with Crippen molar-refractivity contribution in [2.75, 3.05) is 20.3 Å². The standard InChI is InChI=1S/C13H18N2O2/c1-15(10-11-3-2-6-14-9-11)13(16)12-4-7-17-8-5-12/h2-3,6,9,12H,4-5,7-8,10H2,1H3. The topological polar surface area (TPSA) is 42.4 Å². The van der Waals surface area contributed by atoms with Gasteiger partial charge in [-0.3, -0.25) is 9.78 Å². The van der Waals surface area contributed by atoms with Gasteiger partial charge in [0.2, 0.25) is 5.91 Å². The van der Waals surface area contributed by atoms with E-state index in [4.69, 9.17) is 4.74 Å². The highest BCUT2D eigenvalue weighted by molar-refractivity contribution is 5.78. The molecule has 4 nitrogen and oxygen atoms in total. The Balaban J connectivity index is 1.90. The Labute approximate surface area is 102 Å². The second-order valence-corrected chi connectivity index (χ2v) is 4.44. The van der Waals surface area contributed by atoms with Crippen LogP contribution in [0.4, 0.5) is 0 Å². The highest BCUT2D eigenvalue weighted by Crippen LogP contribution is 2.17. The van der Waals surface area contributed by atoms with Crippen LogP contribution in [0.25, 0.3) is 0 Å². The van der Waals surface area contributed by atoms with Gasteiger partial charge >= 0.3 is 0 Å². The minimum Gasteiger partial charge on any atom is -0.381 e. The summed E-state index contributed by atoms with van der Waals surface area (Å²) < 4.78 is 5.27. The molecule has 2 heterocycles. The summed E-state index contributed by atoms with van der Waals surface area (Å²) in [5, 5.41) is 0. The van der Waals surface area contributed by atoms with Gasteiger partial charge < -0.3 is 9.64 Å². The van der Waals surface area contributed by atoms with Crippen molar-refractivity contribution in [3.63, 3.8) is 0 Å². The Morgan fingerprint density at radius 3 is 2.94 bits per heavy atom. The number of carbonyl (C=O) groups is 1. The van der Waals surface area contributed by atoms with Gasteiger partial charge in [0.1, 0.15) is 0 Å². The largest absolute Gasteiger partial charge is 0.381 e. The first-order valence-corrected chi connectivity index (χ1v) is 5.99. The van der Waals surface area contributed by atoms with E-state index in [9.17, 15) is 4.79 Å². The molecule has 0 radical (unpaired) electrons.